The molecule has 4 N–H and O–H groups in total. The average Bonchev–Trinajstić information content (AvgIpc) is 2.83. The topological polar surface area (TPSA) is 105 Å². The molecule has 208 valence electrons. The van der Waals surface area contributed by atoms with Gasteiger partial charge in [0.1, 0.15) is 6.04 Å². The maximum Gasteiger partial charge on any atom is 0.416 e. The van der Waals surface area contributed by atoms with Crippen molar-refractivity contribution in [1.82, 2.24) is 15.5 Å². The van der Waals surface area contributed by atoms with Crippen LogP contribution >= 0.6 is 11.8 Å². The fourth-order valence-corrected chi connectivity index (χ4v) is 4.41. The number of carbonyl (C=O) groups excluding carboxylic acids is 3. The summed E-state index contributed by atoms with van der Waals surface area (Å²) in [6.45, 7) is 0.272. The van der Waals surface area contributed by atoms with Crippen molar-refractivity contribution in [3.63, 3.8) is 0 Å². The Morgan fingerprint density at radius 3 is 2.03 bits per heavy atom. The number of primary amides is 1. The summed E-state index contributed by atoms with van der Waals surface area (Å²) >= 11 is 1.43. The lowest BCUT2D eigenvalue weighted by Gasteiger charge is -2.31. The summed E-state index contributed by atoms with van der Waals surface area (Å²) in [5.74, 6) is -1.45. The number of amides is 3. The normalized spacial score (nSPS) is 16.2. The van der Waals surface area contributed by atoms with Crippen molar-refractivity contribution in [1.29, 1.82) is 0 Å². The Hall–Kier alpha value is -2.48. The van der Waals surface area contributed by atoms with Crippen LogP contribution < -0.4 is 16.4 Å². The molecule has 0 spiro atoms. The minimum atomic E-state index is -5.03. The first kappa shape index (κ1) is 30.7. The van der Waals surface area contributed by atoms with E-state index in [-0.39, 0.29) is 18.1 Å². The molecule has 1 fully saturated rings. The van der Waals surface area contributed by atoms with E-state index in [1.807, 2.05) is 0 Å². The zero-order valence-electron chi connectivity index (χ0n) is 20.2. The Morgan fingerprint density at radius 1 is 0.973 bits per heavy atom. The monoisotopic (exact) mass is 556 g/mol. The van der Waals surface area contributed by atoms with Crippen molar-refractivity contribution in [2.75, 3.05) is 31.6 Å². The number of likely N-dealkylation sites (tertiary alicyclic amines) is 1. The molecule has 0 bridgehead atoms. The molecular weight excluding hydrogens is 526 g/mol. The summed E-state index contributed by atoms with van der Waals surface area (Å²) in [5, 5.41) is 5.09. The number of benzene rings is 1. The van der Waals surface area contributed by atoms with E-state index in [1.54, 1.807) is 6.26 Å². The number of hydrogen-bond acceptors (Lipinski definition) is 5. The molecule has 0 aromatic heterocycles. The first-order valence-corrected chi connectivity index (χ1v) is 13.0. The predicted molar refractivity (Wildman–Crippen MR) is 126 cm³/mol. The van der Waals surface area contributed by atoms with Gasteiger partial charge in [0.05, 0.1) is 23.7 Å². The van der Waals surface area contributed by atoms with E-state index in [2.05, 4.69) is 10.6 Å². The molecule has 0 radical (unpaired) electrons. The van der Waals surface area contributed by atoms with Gasteiger partial charge in [-0.25, -0.2) is 0 Å². The highest BCUT2D eigenvalue weighted by Gasteiger charge is 2.37. The largest absolute Gasteiger partial charge is 0.416 e. The van der Waals surface area contributed by atoms with Gasteiger partial charge in [-0.1, -0.05) is 0 Å². The number of nitrogens with one attached hydrogen (secondary N) is 2. The van der Waals surface area contributed by atoms with Crippen LogP contribution in [0, 0.1) is 0 Å². The predicted octanol–water partition coefficient (Wildman–Crippen LogP) is 2.96. The van der Waals surface area contributed by atoms with Crippen LogP contribution in [-0.2, 0) is 33.2 Å². The molecule has 1 aliphatic heterocycles. The molecule has 14 heteroatoms. The Morgan fingerprint density at radius 2 is 1.54 bits per heavy atom. The van der Waals surface area contributed by atoms with E-state index in [9.17, 15) is 40.7 Å². The van der Waals surface area contributed by atoms with E-state index >= 15 is 0 Å². The third kappa shape index (κ3) is 9.72. The quantitative estimate of drug-likeness (QED) is 0.364. The number of nitrogens with zero attached hydrogens (tertiary/aromatic N) is 1. The van der Waals surface area contributed by atoms with Gasteiger partial charge in [0.15, 0.2) is 0 Å². The Balaban J connectivity index is 2.27. The SMILES string of the molecule is CSCCC(NC(=O)CNC(Cc1cc(C(F)(F)F)cc(C(F)(F)F)c1)C(=O)N1CCCCC1)C(N)=O. The number of thioether (sulfide) groups is 1. The molecule has 1 saturated heterocycles. The molecule has 2 unspecified atom stereocenters. The summed E-state index contributed by atoms with van der Waals surface area (Å²) in [6, 6.07) is -1.08. The number of rotatable bonds is 11. The summed E-state index contributed by atoms with van der Waals surface area (Å²) < 4.78 is 79.8. The molecule has 1 aromatic carbocycles. The molecule has 37 heavy (non-hydrogen) atoms. The first-order chi connectivity index (χ1) is 17.2. The van der Waals surface area contributed by atoms with Crippen LogP contribution in [0.4, 0.5) is 26.3 Å². The number of piperidine rings is 1. The van der Waals surface area contributed by atoms with Gasteiger partial charge < -0.3 is 16.0 Å². The highest BCUT2D eigenvalue weighted by molar-refractivity contribution is 7.98. The van der Waals surface area contributed by atoms with Crippen molar-refractivity contribution in [2.24, 2.45) is 5.73 Å². The van der Waals surface area contributed by atoms with Crippen LogP contribution in [0.3, 0.4) is 0 Å². The molecule has 2 rings (SSSR count). The number of nitrogens with two attached hydrogens (primary N) is 1. The maximum atomic E-state index is 13.3. The van der Waals surface area contributed by atoms with E-state index < -0.39 is 66.3 Å². The van der Waals surface area contributed by atoms with Gasteiger partial charge in [0, 0.05) is 13.1 Å². The van der Waals surface area contributed by atoms with Crippen LogP contribution in [0.1, 0.15) is 42.4 Å². The summed E-state index contributed by atoms with van der Waals surface area (Å²) in [5.41, 5.74) is 1.96. The van der Waals surface area contributed by atoms with Crippen LogP contribution in [-0.4, -0.2) is 66.3 Å². The summed E-state index contributed by atoms with van der Waals surface area (Å²) in [6.07, 6.45) is -6.21. The number of alkyl halides is 6. The third-order valence-corrected chi connectivity index (χ3v) is 6.50. The molecule has 0 aliphatic carbocycles. The van der Waals surface area contributed by atoms with Crippen molar-refractivity contribution >= 4 is 29.5 Å². The lowest BCUT2D eigenvalue weighted by atomic mass is 9.98. The Kier molecular flexibility index (Phi) is 11.1. The van der Waals surface area contributed by atoms with Gasteiger partial charge in [0.25, 0.3) is 0 Å². The molecule has 1 aliphatic rings. The van der Waals surface area contributed by atoms with Crippen molar-refractivity contribution in [3.8, 4) is 0 Å². The van der Waals surface area contributed by atoms with Gasteiger partial charge in [-0.05, 0) is 67.9 Å². The second kappa shape index (κ2) is 13.4. The van der Waals surface area contributed by atoms with Gasteiger partial charge >= 0.3 is 12.4 Å². The lowest BCUT2D eigenvalue weighted by molar-refractivity contribution is -0.143. The molecule has 1 heterocycles. The highest BCUT2D eigenvalue weighted by atomic mass is 32.2. The van der Waals surface area contributed by atoms with E-state index in [1.165, 1.54) is 16.7 Å². The molecule has 2 atom stereocenters. The van der Waals surface area contributed by atoms with Crippen LogP contribution in [0.5, 0.6) is 0 Å². The summed E-state index contributed by atoms with van der Waals surface area (Å²) in [7, 11) is 0. The van der Waals surface area contributed by atoms with Crippen LogP contribution in [0.2, 0.25) is 0 Å². The zero-order valence-corrected chi connectivity index (χ0v) is 21.0. The molecule has 7 nitrogen and oxygen atoms in total. The molecule has 1 aromatic rings. The molecule has 3 amide bonds. The highest BCUT2D eigenvalue weighted by Crippen LogP contribution is 2.36. The van der Waals surface area contributed by atoms with Gasteiger partial charge in [-0.3, -0.25) is 19.7 Å². The van der Waals surface area contributed by atoms with Crippen molar-refractivity contribution < 1.29 is 40.7 Å². The molecular formula is C23H30F6N4O3S. The van der Waals surface area contributed by atoms with E-state index in [0.29, 0.717) is 43.8 Å². The van der Waals surface area contributed by atoms with Crippen molar-refractivity contribution in [2.45, 2.75) is 56.5 Å². The number of hydrogen-bond donors (Lipinski definition) is 3. The zero-order chi connectivity index (χ0) is 27.8. The minimum absolute atomic E-state index is 0.0182. The van der Waals surface area contributed by atoms with Crippen molar-refractivity contribution in [3.05, 3.63) is 34.9 Å². The second-order valence-corrected chi connectivity index (χ2v) is 9.73. The number of carbonyl (C=O) groups is 3. The van der Waals surface area contributed by atoms with E-state index in [4.69, 9.17) is 5.73 Å². The Labute approximate surface area is 214 Å². The minimum Gasteiger partial charge on any atom is -0.368 e. The second-order valence-electron chi connectivity index (χ2n) is 8.74. The first-order valence-electron chi connectivity index (χ1n) is 11.6. The summed E-state index contributed by atoms with van der Waals surface area (Å²) in [4.78, 5) is 38.7. The van der Waals surface area contributed by atoms with Gasteiger partial charge in [-0.15, -0.1) is 0 Å². The standard InChI is InChI=1S/C23H30F6N4O3S/c1-37-8-5-17(20(30)35)32-19(34)13-31-18(21(36)33-6-3-2-4-7-33)11-14-9-15(22(24,25)26)12-16(10-14)23(27,28)29/h9-10,12,17-18,31H,2-8,11,13H2,1H3,(H2,30,35)(H,32,34). The van der Waals surface area contributed by atoms with Gasteiger partial charge in [-0.2, -0.15) is 38.1 Å². The average molecular weight is 557 g/mol. The van der Waals surface area contributed by atoms with E-state index in [0.717, 1.165) is 6.42 Å². The third-order valence-electron chi connectivity index (χ3n) is 5.85. The Bertz CT molecular complexity index is 919. The number of halogens is 6. The van der Waals surface area contributed by atoms with Crippen LogP contribution in [0.25, 0.3) is 0 Å². The smallest absolute Gasteiger partial charge is 0.368 e. The fourth-order valence-electron chi connectivity index (χ4n) is 3.94. The van der Waals surface area contributed by atoms with Gasteiger partial charge in [0.2, 0.25) is 17.7 Å². The van der Waals surface area contributed by atoms with Crippen LogP contribution in [0.15, 0.2) is 18.2 Å². The maximum absolute atomic E-state index is 13.3. The fraction of sp³-hybridized carbons (Fsp3) is 0.609. The lowest BCUT2D eigenvalue weighted by Crippen LogP contribution is -2.53. The molecule has 0 saturated carbocycles.